The summed E-state index contributed by atoms with van der Waals surface area (Å²) in [5.74, 6) is -1.54. The number of piperidine rings is 1. The van der Waals surface area contributed by atoms with Gasteiger partial charge in [0.25, 0.3) is 5.91 Å². The van der Waals surface area contributed by atoms with Crippen molar-refractivity contribution in [2.45, 2.75) is 30.7 Å². The number of nitrogens with one attached hydrogen (secondary N) is 2. The van der Waals surface area contributed by atoms with Crippen LogP contribution in [0.25, 0.3) is 0 Å². The number of carbonyl (C=O) groups excluding carboxylic acids is 2. The molecule has 0 aliphatic carbocycles. The molecule has 0 unspecified atom stereocenters. The van der Waals surface area contributed by atoms with E-state index in [1.54, 1.807) is 0 Å². The largest absolute Gasteiger partial charge is 0.349 e. The molecule has 0 saturated carbocycles. The van der Waals surface area contributed by atoms with Crippen LogP contribution < -0.4 is 10.6 Å². The molecule has 7 nitrogen and oxygen atoms in total. The molecule has 1 fully saturated rings. The van der Waals surface area contributed by atoms with Gasteiger partial charge < -0.3 is 10.6 Å². The van der Waals surface area contributed by atoms with Gasteiger partial charge in [-0.1, -0.05) is 23.2 Å². The fraction of sp³-hybridized carbons (Fsp3) is 0.300. The third-order valence-corrected chi connectivity index (χ3v) is 7.37. The lowest BCUT2D eigenvalue weighted by Crippen LogP contribution is -2.46. The zero-order valence-corrected chi connectivity index (χ0v) is 18.8. The van der Waals surface area contributed by atoms with E-state index in [0.717, 1.165) is 6.07 Å². The normalized spacial score (nSPS) is 15.5. The maximum Gasteiger partial charge on any atom is 0.253 e. The smallest absolute Gasteiger partial charge is 0.253 e. The number of benzene rings is 2. The number of carbonyl (C=O) groups is 2. The Labute approximate surface area is 189 Å². The van der Waals surface area contributed by atoms with Gasteiger partial charge in [0, 0.05) is 31.7 Å². The van der Waals surface area contributed by atoms with Crippen molar-refractivity contribution in [3.05, 3.63) is 57.8 Å². The SMILES string of the molecule is CC(=O)Nc1ccc(S(=O)(=O)N2CCC(NC(=O)c3cc(F)c(Cl)cc3Cl)CC2)cc1. The van der Waals surface area contributed by atoms with E-state index in [4.69, 9.17) is 23.2 Å². The Morgan fingerprint density at radius 1 is 1.06 bits per heavy atom. The fourth-order valence-electron chi connectivity index (χ4n) is 3.26. The van der Waals surface area contributed by atoms with E-state index in [1.807, 2.05) is 0 Å². The molecule has 3 rings (SSSR count). The second-order valence-electron chi connectivity index (χ2n) is 7.10. The molecule has 0 aromatic heterocycles. The molecular formula is C20H20Cl2FN3O4S. The molecule has 0 spiro atoms. The summed E-state index contributed by atoms with van der Waals surface area (Å²) < 4.78 is 40.7. The third-order valence-electron chi connectivity index (χ3n) is 4.86. The van der Waals surface area contributed by atoms with E-state index in [1.165, 1.54) is 41.6 Å². The summed E-state index contributed by atoms with van der Waals surface area (Å²) in [5, 5.41) is 5.21. The number of hydrogen-bond acceptors (Lipinski definition) is 4. The summed E-state index contributed by atoms with van der Waals surface area (Å²) in [4.78, 5) is 23.6. The maximum atomic E-state index is 13.7. The van der Waals surface area contributed by atoms with Crippen LogP contribution in [0.3, 0.4) is 0 Å². The van der Waals surface area contributed by atoms with Gasteiger partial charge in [-0.05, 0) is 49.2 Å². The summed E-state index contributed by atoms with van der Waals surface area (Å²) >= 11 is 11.6. The van der Waals surface area contributed by atoms with Crippen molar-refractivity contribution in [1.29, 1.82) is 0 Å². The van der Waals surface area contributed by atoms with Gasteiger partial charge in [-0.2, -0.15) is 4.31 Å². The van der Waals surface area contributed by atoms with E-state index in [0.29, 0.717) is 18.5 Å². The Kier molecular flexibility index (Phi) is 7.20. The van der Waals surface area contributed by atoms with Crippen molar-refractivity contribution in [3.63, 3.8) is 0 Å². The number of amides is 2. The fourth-order valence-corrected chi connectivity index (χ4v) is 5.20. The highest BCUT2D eigenvalue weighted by Gasteiger charge is 2.30. The second kappa shape index (κ2) is 9.52. The van der Waals surface area contributed by atoms with Crippen LogP contribution in [0.5, 0.6) is 0 Å². The van der Waals surface area contributed by atoms with Crippen LogP contribution in [-0.2, 0) is 14.8 Å². The first kappa shape index (κ1) is 23.5. The third kappa shape index (κ3) is 5.54. The minimum atomic E-state index is -3.71. The summed E-state index contributed by atoms with van der Waals surface area (Å²) in [6.45, 7) is 1.79. The van der Waals surface area contributed by atoms with Gasteiger partial charge in [-0.25, -0.2) is 12.8 Å². The minimum Gasteiger partial charge on any atom is -0.349 e. The number of rotatable bonds is 5. The zero-order valence-electron chi connectivity index (χ0n) is 16.5. The lowest BCUT2D eigenvalue weighted by atomic mass is 10.1. The molecule has 1 aliphatic heterocycles. The molecule has 2 N–H and O–H groups in total. The highest BCUT2D eigenvalue weighted by Crippen LogP contribution is 2.26. The van der Waals surface area contributed by atoms with Crippen molar-refractivity contribution in [3.8, 4) is 0 Å². The van der Waals surface area contributed by atoms with E-state index in [9.17, 15) is 22.4 Å². The average Bonchev–Trinajstić information content (AvgIpc) is 2.71. The van der Waals surface area contributed by atoms with Crippen LogP contribution in [-0.4, -0.2) is 43.7 Å². The topological polar surface area (TPSA) is 95.6 Å². The van der Waals surface area contributed by atoms with Gasteiger partial charge in [0.2, 0.25) is 15.9 Å². The van der Waals surface area contributed by atoms with Crippen molar-refractivity contribution >= 4 is 50.7 Å². The van der Waals surface area contributed by atoms with Crippen molar-refractivity contribution < 1.29 is 22.4 Å². The van der Waals surface area contributed by atoms with Gasteiger partial charge in [0.15, 0.2) is 0 Å². The molecule has 0 atom stereocenters. The molecule has 2 aromatic carbocycles. The molecule has 0 bridgehead atoms. The van der Waals surface area contributed by atoms with E-state index in [-0.39, 0.29) is 45.5 Å². The van der Waals surface area contributed by atoms with Crippen LogP contribution in [0.4, 0.5) is 10.1 Å². The van der Waals surface area contributed by atoms with Crippen molar-refractivity contribution in [2.75, 3.05) is 18.4 Å². The predicted octanol–water partition coefficient (Wildman–Crippen LogP) is 3.67. The highest BCUT2D eigenvalue weighted by molar-refractivity contribution is 7.89. The molecule has 31 heavy (non-hydrogen) atoms. The van der Waals surface area contributed by atoms with Gasteiger partial charge >= 0.3 is 0 Å². The summed E-state index contributed by atoms with van der Waals surface area (Å²) in [5.41, 5.74) is 0.475. The quantitative estimate of drug-likeness (QED) is 0.628. The molecule has 2 aromatic rings. The Bertz CT molecular complexity index is 1100. The standard InChI is InChI=1S/C20H20Cl2FN3O4S/c1-12(27)24-13-2-4-15(5-3-13)31(29,30)26-8-6-14(7-9-26)25-20(28)16-10-19(23)18(22)11-17(16)21/h2-5,10-11,14H,6-9H2,1H3,(H,24,27)(H,25,28). The Morgan fingerprint density at radius 3 is 2.26 bits per heavy atom. The first-order chi connectivity index (χ1) is 14.6. The zero-order chi connectivity index (χ0) is 22.8. The highest BCUT2D eigenvalue weighted by atomic mass is 35.5. The summed E-state index contributed by atoms with van der Waals surface area (Å²) in [6, 6.07) is 7.78. The molecule has 0 radical (unpaired) electrons. The number of hydrogen-bond donors (Lipinski definition) is 2. The van der Waals surface area contributed by atoms with Gasteiger partial charge in [-0.3, -0.25) is 9.59 Å². The molecule has 1 aliphatic rings. The van der Waals surface area contributed by atoms with Crippen molar-refractivity contribution in [1.82, 2.24) is 9.62 Å². The Balaban J connectivity index is 1.61. The maximum absolute atomic E-state index is 13.7. The Morgan fingerprint density at radius 2 is 1.68 bits per heavy atom. The van der Waals surface area contributed by atoms with Gasteiger partial charge in [0.1, 0.15) is 5.82 Å². The van der Waals surface area contributed by atoms with E-state index in [2.05, 4.69) is 10.6 Å². The first-order valence-corrected chi connectivity index (χ1v) is 11.6. The molecule has 2 amide bonds. The number of nitrogens with zero attached hydrogens (tertiary/aromatic N) is 1. The van der Waals surface area contributed by atoms with Crippen LogP contribution in [0, 0.1) is 5.82 Å². The molecule has 166 valence electrons. The molecule has 1 heterocycles. The summed E-state index contributed by atoms with van der Waals surface area (Å²) in [7, 11) is -3.71. The van der Waals surface area contributed by atoms with Gasteiger partial charge in [0.05, 0.1) is 20.5 Å². The van der Waals surface area contributed by atoms with Crippen LogP contribution in [0.1, 0.15) is 30.1 Å². The Hall–Kier alpha value is -2.20. The van der Waals surface area contributed by atoms with Gasteiger partial charge in [-0.15, -0.1) is 0 Å². The van der Waals surface area contributed by atoms with Crippen LogP contribution in [0.15, 0.2) is 41.3 Å². The minimum absolute atomic E-state index is 0.0297. The molecular weight excluding hydrogens is 468 g/mol. The summed E-state index contributed by atoms with van der Waals surface area (Å²) in [6.07, 6.45) is 0.783. The first-order valence-electron chi connectivity index (χ1n) is 9.41. The average molecular weight is 488 g/mol. The van der Waals surface area contributed by atoms with Crippen LogP contribution >= 0.6 is 23.2 Å². The monoisotopic (exact) mass is 487 g/mol. The van der Waals surface area contributed by atoms with Crippen LogP contribution in [0.2, 0.25) is 10.0 Å². The lowest BCUT2D eigenvalue weighted by Gasteiger charge is -2.31. The molecule has 11 heteroatoms. The predicted molar refractivity (Wildman–Crippen MR) is 116 cm³/mol. The second-order valence-corrected chi connectivity index (χ2v) is 9.86. The van der Waals surface area contributed by atoms with E-state index >= 15 is 0 Å². The lowest BCUT2D eigenvalue weighted by molar-refractivity contribution is -0.114. The number of anilines is 1. The number of halogens is 3. The number of sulfonamides is 1. The molecule has 1 saturated heterocycles. The van der Waals surface area contributed by atoms with E-state index < -0.39 is 21.7 Å². The van der Waals surface area contributed by atoms with Crippen molar-refractivity contribution in [2.24, 2.45) is 0 Å².